The quantitative estimate of drug-likeness (QED) is 0.321. The van der Waals surface area contributed by atoms with Crippen molar-refractivity contribution in [3.63, 3.8) is 0 Å². The predicted octanol–water partition coefficient (Wildman–Crippen LogP) is -3.53. The minimum Gasteiger partial charge on any atom is -1.00 e. The summed E-state index contributed by atoms with van der Waals surface area (Å²) in [6.07, 6.45) is 0. The van der Waals surface area contributed by atoms with Gasteiger partial charge in [-0.15, -0.1) is 0 Å². The average molecular weight is 164 g/mol. The average Bonchev–Trinajstić information content (AvgIpc) is 1.21. The second-order valence-corrected chi connectivity index (χ2v) is 2.02. The van der Waals surface area contributed by atoms with Crippen LogP contribution in [0, 0.1) is 0 Å². The molecule has 5 nitrogen and oxygen atoms in total. The molecule has 0 bridgehead atoms. The third kappa shape index (κ3) is 11.8. The van der Waals surface area contributed by atoms with E-state index in [1.54, 1.807) is 0 Å². The molecule has 0 aliphatic carbocycles. The molecule has 0 atom stereocenters. The normalized spacial score (nSPS) is 9.56. The van der Waals surface area contributed by atoms with Crippen LogP contribution in [0.3, 0.4) is 0 Å². The monoisotopic (exact) mass is 164 g/mol. The zero-order valence-electron chi connectivity index (χ0n) is 5.99. The van der Waals surface area contributed by atoms with E-state index in [-0.39, 0.29) is 31.0 Å². The zero-order valence-corrected chi connectivity index (χ0v) is 7.80. The fourth-order valence-electron chi connectivity index (χ4n) is 0.148. The number of carbonyl (C=O) groups excluding carboxylic acids is 1. The topological polar surface area (TPSA) is 80.7 Å². The van der Waals surface area contributed by atoms with Gasteiger partial charge in [0.25, 0.3) is 0 Å². The molecule has 50 valence electrons. The fraction of sp³-hybridized carbons (Fsp3) is 0.500. The Bertz CT molecular complexity index is 186. The van der Waals surface area contributed by atoms with Crippen molar-refractivity contribution in [3.05, 3.63) is 0 Å². The Morgan fingerprint density at radius 3 is 2.00 bits per heavy atom. The van der Waals surface area contributed by atoms with Crippen molar-refractivity contribution in [2.75, 3.05) is 0 Å². The van der Waals surface area contributed by atoms with Crippen LogP contribution in [0.4, 0.5) is 0 Å². The Kier molecular flexibility index (Phi) is 5.69. The third-order valence-corrected chi connectivity index (χ3v) is 0.668. The summed E-state index contributed by atoms with van der Waals surface area (Å²) in [5, 5.41) is 0. The van der Waals surface area contributed by atoms with Gasteiger partial charge in [0.1, 0.15) is 0 Å². The van der Waals surface area contributed by atoms with Crippen LogP contribution in [0.5, 0.6) is 0 Å². The molecule has 0 amide bonds. The first-order chi connectivity index (χ1) is 3.42. The van der Waals surface area contributed by atoms with Gasteiger partial charge in [-0.05, 0) is 0 Å². The molecule has 1 N–H and O–H groups in total. The van der Waals surface area contributed by atoms with Gasteiger partial charge in [0.05, 0.1) is 0 Å². The van der Waals surface area contributed by atoms with E-state index in [9.17, 15) is 13.2 Å². The number of hydrogen-bond donors (Lipinski definition) is 1. The van der Waals surface area contributed by atoms with Crippen LogP contribution >= 0.6 is 0 Å². The SMILES string of the molecule is CC(=O)OS(=O)(=O)O.[H-].[Na+]. The molecule has 0 aromatic rings. The predicted molar refractivity (Wildman–Crippen MR) is 24.4 cm³/mol. The maximum absolute atomic E-state index is 9.70. The van der Waals surface area contributed by atoms with Crippen molar-refractivity contribution in [1.29, 1.82) is 0 Å². The van der Waals surface area contributed by atoms with Gasteiger partial charge in [0, 0.05) is 6.92 Å². The molecule has 0 aromatic heterocycles. The smallest absolute Gasteiger partial charge is 1.00 e. The van der Waals surface area contributed by atoms with Crippen molar-refractivity contribution in [2.24, 2.45) is 0 Å². The second-order valence-electron chi connectivity index (χ2n) is 1.00. The van der Waals surface area contributed by atoms with Crippen LogP contribution in [-0.4, -0.2) is 18.9 Å². The number of rotatable bonds is 1. The molecule has 0 aliphatic rings. The summed E-state index contributed by atoms with van der Waals surface area (Å²) in [6.45, 7) is 0.869. The molecule has 0 saturated heterocycles. The van der Waals surface area contributed by atoms with E-state index in [1.807, 2.05) is 0 Å². The largest absolute Gasteiger partial charge is 1.00 e. The maximum atomic E-state index is 9.70. The van der Waals surface area contributed by atoms with Gasteiger partial charge >= 0.3 is 45.9 Å². The molecular weight excluding hydrogens is 159 g/mol. The van der Waals surface area contributed by atoms with Crippen molar-refractivity contribution in [3.8, 4) is 0 Å². The molecule has 0 fully saturated rings. The second kappa shape index (κ2) is 4.24. The molecule has 7 heteroatoms. The van der Waals surface area contributed by atoms with Crippen LogP contribution in [0.25, 0.3) is 0 Å². The van der Waals surface area contributed by atoms with E-state index in [0.717, 1.165) is 6.92 Å². The van der Waals surface area contributed by atoms with Gasteiger partial charge in [-0.2, -0.15) is 8.42 Å². The van der Waals surface area contributed by atoms with Crippen LogP contribution in [0.1, 0.15) is 8.35 Å². The molecule has 0 radical (unpaired) electrons. The molecule has 9 heavy (non-hydrogen) atoms. The van der Waals surface area contributed by atoms with Crippen molar-refractivity contribution < 1.29 is 52.9 Å². The first kappa shape index (κ1) is 12.1. The summed E-state index contributed by atoms with van der Waals surface area (Å²) in [7, 11) is -4.57. The first-order valence-electron chi connectivity index (χ1n) is 1.59. The van der Waals surface area contributed by atoms with E-state index in [0.29, 0.717) is 0 Å². The minimum atomic E-state index is -4.57. The minimum absolute atomic E-state index is 0. The van der Waals surface area contributed by atoms with Crippen molar-refractivity contribution >= 4 is 16.4 Å². The van der Waals surface area contributed by atoms with E-state index in [1.165, 1.54) is 0 Å². The van der Waals surface area contributed by atoms with Crippen LogP contribution in [-0.2, 0) is 19.4 Å². The van der Waals surface area contributed by atoms with E-state index in [2.05, 4.69) is 4.18 Å². The van der Waals surface area contributed by atoms with Crippen LogP contribution in [0.15, 0.2) is 0 Å². The van der Waals surface area contributed by atoms with Gasteiger partial charge in [-0.25, -0.2) is 0 Å². The molecule has 0 aliphatic heterocycles. The Balaban J connectivity index is -0.000000245. The van der Waals surface area contributed by atoms with Crippen LogP contribution < -0.4 is 29.6 Å². The summed E-state index contributed by atoms with van der Waals surface area (Å²) >= 11 is 0. The van der Waals surface area contributed by atoms with Crippen molar-refractivity contribution in [1.82, 2.24) is 0 Å². The standard InChI is InChI=1S/C2H4O5S.Na.H/c1-2(3)7-8(4,5)6;;/h1H3,(H,4,5,6);;/q;+1;-1. The van der Waals surface area contributed by atoms with Gasteiger partial charge in [-0.3, -0.25) is 9.35 Å². The Morgan fingerprint density at radius 2 is 2.00 bits per heavy atom. The Labute approximate surface area is 76.1 Å². The van der Waals surface area contributed by atoms with E-state index < -0.39 is 16.4 Å². The Morgan fingerprint density at radius 1 is 1.67 bits per heavy atom. The molecule has 0 aromatic carbocycles. The Hall–Kier alpha value is 0.380. The van der Waals surface area contributed by atoms with Gasteiger partial charge in [0.15, 0.2) is 0 Å². The molecule has 0 rings (SSSR count). The van der Waals surface area contributed by atoms with Gasteiger partial charge in [-0.1, -0.05) is 0 Å². The third-order valence-electron chi connectivity index (χ3n) is 0.223. The van der Waals surface area contributed by atoms with E-state index in [4.69, 9.17) is 4.55 Å². The maximum Gasteiger partial charge on any atom is 1.00 e. The van der Waals surface area contributed by atoms with Gasteiger partial charge < -0.3 is 5.61 Å². The van der Waals surface area contributed by atoms with E-state index >= 15 is 0 Å². The molecule has 0 unspecified atom stereocenters. The summed E-state index contributed by atoms with van der Waals surface area (Å²) in [6, 6.07) is 0. The zero-order chi connectivity index (χ0) is 6.78. The summed E-state index contributed by atoms with van der Waals surface area (Å²) in [5.74, 6) is -1.06. The van der Waals surface area contributed by atoms with Crippen molar-refractivity contribution in [2.45, 2.75) is 6.92 Å². The van der Waals surface area contributed by atoms with Gasteiger partial charge in [0.2, 0.25) is 0 Å². The summed E-state index contributed by atoms with van der Waals surface area (Å²) in [4.78, 5) is 9.70. The summed E-state index contributed by atoms with van der Waals surface area (Å²) in [5.41, 5.74) is 0. The fourth-order valence-corrected chi connectivity index (χ4v) is 0.445. The molecule has 0 heterocycles. The first-order valence-corrected chi connectivity index (χ1v) is 2.96. The summed E-state index contributed by atoms with van der Waals surface area (Å²) < 4.78 is 30.2. The number of carbonyl (C=O) groups is 1. The molecule has 0 saturated carbocycles. The number of hydrogen-bond acceptors (Lipinski definition) is 4. The van der Waals surface area contributed by atoms with Crippen LogP contribution in [0.2, 0.25) is 0 Å². The molecular formula is C2H5NaO5S. The molecule has 0 spiro atoms.